The Labute approximate surface area is 125 Å². The lowest BCUT2D eigenvalue weighted by molar-refractivity contribution is 1.02. The highest BCUT2D eigenvalue weighted by Crippen LogP contribution is 2.26. The highest BCUT2D eigenvalue weighted by Gasteiger charge is 2.15. The Bertz CT molecular complexity index is 964. The lowest BCUT2D eigenvalue weighted by Crippen LogP contribution is -1.97. The van der Waals surface area contributed by atoms with Crippen molar-refractivity contribution in [3.63, 3.8) is 0 Å². The average Bonchev–Trinajstić information content (AvgIpc) is 3.11. The summed E-state index contributed by atoms with van der Waals surface area (Å²) in [5.74, 6) is 0.698. The van der Waals surface area contributed by atoms with Crippen LogP contribution in [0.3, 0.4) is 0 Å². The Balaban J connectivity index is 2.01. The van der Waals surface area contributed by atoms with Gasteiger partial charge in [0.1, 0.15) is 5.69 Å². The minimum Gasteiger partial charge on any atom is -0.277 e. The number of nitrogens with zero attached hydrogens (tertiary/aromatic N) is 3. The first kappa shape index (κ1) is 12.0. The van der Waals surface area contributed by atoms with E-state index in [2.05, 4.69) is 20.4 Å². The molecule has 0 amide bonds. The van der Waals surface area contributed by atoms with Gasteiger partial charge in [0.25, 0.3) is 0 Å². The predicted octanol–water partition coefficient (Wildman–Crippen LogP) is 3.47. The number of rotatable bonds is 2. The van der Waals surface area contributed by atoms with Crippen molar-refractivity contribution in [2.24, 2.45) is 0 Å². The minimum absolute atomic E-state index is 0.545. The van der Waals surface area contributed by atoms with Gasteiger partial charge in [0.15, 0.2) is 10.6 Å². The smallest absolute Gasteiger partial charge is 0.200 e. The van der Waals surface area contributed by atoms with Crippen LogP contribution in [0.15, 0.2) is 54.6 Å². The summed E-state index contributed by atoms with van der Waals surface area (Å²) in [5, 5.41) is 15.6. The SMILES string of the molecule is S=c1[nH]nc(-c2n[nH]c3ccccc23)n1-c1ccccc1. The van der Waals surface area contributed by atoms with E-state index in [-0.39, 0.29) is 0 Å². The molecule has 0 saturated heterocycles. The number of benzene rings is 2. The van der Waals surface area contributed by atoms with Crippen molar-refractivity contribution in [1.29, 1.82) is 0 Å². The van der Waals surface area contributed by atoms with Crippen molar-refractivity contribution >= 4 is 23.1 Å². The molecule has 0 spiro atoms. The summed E-state index contributed by atoms with van der Waals surface area (Å²) >= 11 is 5.36. The van der Waals surface area contributed by atoms with Crippen LogP contribution in [0.1, 0.15) is 0 Å². The second-order valence-corrected chi connectivity index (χ2v) is 5.03. The first-order chi connectivity index (χ1) is 10.3. The van der Waals surface area contributed by atoms with E-state index < -0.39 is 0 Å². The van der Waals surface area contributed by atoms with E-state index in [1.54, 1.807) is 0 Å². The molecule has 21 heavy (non-hydrogen) atoms. The monoisotopic (exact) mass is 293 g/mol. The summed E-state index contributed by atoms with van der Waals surface area (Å²) in [5.41, 5.74) is 2.71. The van der Waals surface area contributed by atoms with Crippen molar-refractivity contribution in [2.45, 2.75) is 0 Å². The largest absolute Gasteiger partial charge is 0.277 e. The molecule has 6 heteroatoms. The molecule has 4 aromatic rings. The third-order valence-corrected chi connectivity index (χ3v) is 3.64. The molecule has 0 atom stereocenters. The van der Waals surface area contributed by atoms with Gasteiger partial charge in [-0.1, -0.05) is 36.4 Å². The maximum atomic E-state index is 5.36. The topological polar surface area (TPSA) is 62.3 Å². The van der Waals surface area contributed by atoms with Crippen LogP contribution in [0, 0.1) is 4.77 Å². The third-order valence-electron chi connectivity index (χ3n) is 3.37. The molecule has 0 aliphatic heterocycles. The second-order valence-electron chi connectivity index (χ2n) is 4.64. The van der Waals surface area contributed by atoms with Crippen LogP contribution in [0.5, 0.6) is 0 Å². The molecule has 5 nitrogen and oxygen atoms in total. The molecule has 0 saturated carbocycles. The number of nitrogens with one attached hydrogen (secondary N) is 2. The van der Waals surface area contributed by atoms with Gasteiger partial charge < -0.3 is 0 Å². The fraction of sp³-hybridized carbons (Fsp3) is 0. The molecule has 0 aliphatic carbocycles. The van der Waals surface area contributed by atoms with Gasteiger partial charge in [-0.2, -0.15) is 10.2 Å². The van der Waals surface area contributed by atoms with Crippen LogP contribution in [-0.2, 0) is 0 Å². The Morgan fingerprint density at radius 1 is 0.857 bits per heavy atom. The van der Waals surface area contributed by atoms with Crippen LogP contribution in [0.4, 0.5) is 0 Å². The van der Waals surface area contributed by atoms with Crippen molar-refractivity contribution in [2.75, 3.05) is 0 Å². The number of para-hydroxylation sites is 2. The molecule has 2 aromatic carbocycles. The molecular weight excluding hydrogens is 282 g/mol. The number of aromatic nitrogens is 5. The quantitative estimate of drug-likeness (QED) is 0.556. The zero-order chi connectivity index (χ0) is 14.2. The lowest BCUT2D eigenvalue weighted by atomic mass is 10.2. The maximum Gasteiger partial charge on any atom is 0.200 e. The van der Waals surface area contributed by atoms with Gasteiger partial charge in [-0.3, -0.25) is 14.8 Å². The Hall–Kier alpha value is -2.73. The van der Waals surface area contributed by atoms with E-state index in [4.69, 9.17) is 12.2 Å². The van der Waals surface area contributed by atoms with Gasteiger partial charge >= 0.3 is 0 Å². The Kier molecular flexibility index (Phi) is 2.68. The number of H-pyrrole nitrogens is 2. The molecule has 0 radical (unpaired) electrons. The second kappa shape index (κ2) is 4.68. The molecule has 2 N–H and O–H groups in total. The summed E-state index contributed by atoms with van der Waals surface area (Å²) in [7, 11) is 0. The minimum atomic E-state index is 0.545. The fourth-order valence-corrected chi connectivity index (χ4v) is 2.64. The van der Waals surface area contributed by atoms with Gasteiger partial charge in [0.2, 0.25) is 0 Å². The van der Waals surface area contributed by atoms with Gasteiger partial charge in [-0.15, -0.1) is 0 Å². The molecule has 2 aromatic heterocycles. The fourth-order valence-electron chi connectivity index (χ4n) is 2.41. The third kappa shape index (κ3) is 1.88. The number of hydrogen-bond acceptors (Lipinski definition) is 3. The van der Waals surface area contributed by atoms with Crippen molar-refractivity contribution in [3.05, 3.63) is 59.4 Å². The predicted molar refractivity (Wildman–Crippen MR) is 83.8 cm³/mol. The molecule has 0 unspecified atom stereocenters. The average molecular weight is 293 g/mol. The summed E-state index contributed by atoms with van der Waals surface area (Å²) in [6, 6.07) is 17.8. The molecule has 4 rings (SSSR count). The van der Waals surface area contributed by atoms with Crippen molar-refractivity contribution in [3.8, 4) is 17.2 Å². The first-order valence-corrected chi connectivity index (χ1v) is 6.92. The number of hydrogen-bond donors (Lipinski definition) is 2. The van der Waals surface area contributed by atoms with E-state index in [1.165, 1.54) is 0 Å². The van der Waals surface area contributed by atoms with E-state index >= 15 is 0 Å². The van der Waals surface area contributed by atoms with E-state index in [9.17, 15) is 0 Å². The van der Waals surface area contributed by atoms with Crippen molar-refractivity contribution in [1.82, 2.24) is 25.0 Å². The highest BCUT2D eigenvalue weighted by atomic mass is 32.1. The lowest BCUT2D eigenvalue weighted by Gasteiger charge is -2.04. The van der Waals surface area contributed by atoms with Gasteiger partial charge in [-0.05, 0) is 30.4 Å². The van der Waals surface area contributed by atoms with Crippen molar-refractivity contribution < 1.29 is 0 Å². The van der Waals surface area contributed by atoms with Crippen LogP contribution < -0.4 is 0 Å². The van der Waals surface area contributed by atoms with E-state index in [0.29, 0.717) is 10.6 Å². The highest BCUT2D eigenvalue weighted by molar-refractivity contribution is 7.71. The van der Waals surface area contributed by atoms with Gasteiger partial charge in [0.05, 0.1) is 11.2 Å². The van der Waals surface area contributed by atoms with Crippen LogP contribution in [0.25, 0.3) is 28.1 Å². The molecular formula is C15H11N5S. The van der Waals surface area contributed by atoms with Crippen LogP contribution >= 0.6 is 12.2 Å². The summed E-state index contributed by atoms with van der Waals surface area (Å²) in [4.78, 5) is 0. The maximum absolute atomic E-state index is 5.36. The molecule has 102 valence electrons. The van der Waals surface area contributed by atoms with Crippen LogP contribution in [-0.4, -0.2) is 25.0 Å². The van der Waals surface area contributed by atoms with Gasteiger partial charge in [0, 0.05) is 5.39 Å². The first-order valence-electron chi connectivity index (χ1n) is 6.51. The normalized spacial score (nSPS) is 11.0. The molecule has 2 heterocycles. The standard InChI is InChI=1S/C15H11N5S/c21-15-19-18-14(20(15)10-6-2-1-3-7-10)13-11-8-4-5-9-12(11)16-17-13/h1-9H,(H,16,17)(H,19,21). The van der Waals surface area contributed by atoms with E-state index in [1.807, 2.05) is 59.2 Å². The zero-order valence-electron chi connectivity index (χ0n) is 10.9. The summed E-state index contributed by atoms with van der Waals surface area (Å²) in [6.07, 6.45) is 0. The number of aromatic amines is 2. The summed E-state index contributed by atoms with van der Waals surface area (Å²) < 4.78 is 2.43. The zero-order valence-corrected chi connectivity index (χ0v) is 11.8. The Morgan fingerprint density at radius 2 is 1.62 bits per heavy atom. The van der Waals surface area contributed by atoms with Gasteiger partial charge in [-0.25, -0.2) is 0 Å². The Morgan fingerprint density at radius 3 is 2.48 bits per heavy atom. The summed E-state index contributed by atoms with van der Waals surface area (Å²) in [6.45, 7) is 0. The molecule has 0 aliphatic rings. The van der Waals surface area contributed by atoms with E-state index in [0.717, 1.165) is 22.3 Å². The molecule has 0 fully saturated rings. The van der Waals surface area contributed by atoms with Crippen LogP contribution in [0.2, 0.25) is 0 Å². The molecule has 0 bridgehead atoms. The number of fused-ring (bicyclic) bond motifs is 1.